The predicted molar refractivity (Wildman–Crippen MR) is 70.0 cm³/mol. The van der Waals surface area contributed by atoms with Crippen LogP contribution in [0.4, 0.5) is 0 Å². The molecule has 0 radical (unpaired) electrons. The van der Waals surface area contributed by atoms with Gasteiger partial charge in [0.05, 0.1) is 25.9 Å². The number of benzene rings is 1. The van der Waals surface area contributed by atoms with Crippen molar-refractivity contribution in [1.82, 2.24) is 0 Å². The number of ether oxygens (including phenoxy) is 3. The summed E-state index contributed by atoms with van der Waals surface area (Å²) in [5.41, 5.74) is 1.91. The van der Waals surface area contributed by atoms with E-state index in [4.69, 9.17) is 14.2 Å². The second-order valence-electron chi connectivity index (χ2n) is 4.17. The minimum Gasteiger partial charge on any atom is -0.491 e. The van der Waals surface area contributed by atoms with Gasteiger partial charge in [0, 0.05) is 12.7 Å². The number of rotatable bonds is 8. The van der Waals surface area contributed by atoms with Crippen molar-refractivity contribution in [1.29, 1.82) is 0 Å². The molecule has 0 fully saturated rings. The third kappa shape index (κ3) is 5.04. The number of hydrogen-bond donors (Lipinski definition) is 1. The van der Waals surface area contributed by atoms with Crippen LogP contribution >= 0.6 is 0 Å². The molecule has 0 heterocycles. The minimum atomic E-state index is -0.532. The van der Waals surface area contributed by atoms with Gasteiger partial charge in [-0.25, -0.2) is 0 Å². The molecule has 0 amide bonds. The molecule has 1 N–H and O–H groups in total. The molecule has 0 spiro atoms. The van der Waals surface area contributed by atoms with Gasteiger partial charge in [-0.1, -0.05) is 12.1 Å². The van der Waals surface area contributed by atoms with Crippen molar-refractivity contribution >= 4 is 0 Å². The molecule has 1 aromatic rings. The molecule has 0 aliphatic carbocycles. The number of methoxy groups -OCH3 is 1. The van der Waals surface area contributed by atoms with Gasteiger partial charge in [-0.15, -0.1) is 0 Å². The Hall–Kier alpha value is -1.10. The van der Waals surface area contributed by atoms with Crippen LogP contribution in [0.25, 0.3) is 0 Å². The molecular weight excluding hydrogens is 232 g/mol. The Morgan fingerprint density at radius 3 is 2.56 bits per heavy atom. The first-order chi connectivity index (χ1) is 8.65. The van der Waals surface area contributed by atoms with Crippen LogP contribution in [0.1, 0.15) is 24.2 Å². The lowest BCUT2D eigenvalue weighted by Gasteiger charge is -2.14. The Bertz CT molecular complexity index is 350. The summed E-state index contributed by atoms with van der Waals surface area (Å²) in [7, 11) is 1.64. The van der Waals surface area contributed by atoms with Crippen molar-refractivity contribution in [2.24, 2.45) is 0 Å². The van der Waals surface area contributed by atoms with Crippen LogP contribution in [0.2, 0.25) is 0 Å². The summed E-state index contributed by atoms with van der Waals surface area (Å²) in [5.74, 6) is 0.723. The summed E-state index contributed by atoms with van der Waals surface area (Å²) in [4.78, 5) is 0. The van der Waals surface area contributed by atoms with Crippen molar-refractivity contribution in [3.63, 3.8) is 0 Å². The number of aliphatic hydroxyl groups excluding tert-OH is 1. The largest absolute Gasteiger partial charge is 0.491 e. The SMILES string of the molecule is COCCOCCOc1cc(C)ccc1C(C)O. The van der Waals surface area contributed by atoms with Crippen molar-refractivity contribution in [2.45, 2.75) is 20.0 Å². The average molecular weight is 254 g/mol. The maximum Gasteiger partial charge on any atom is 0.125 e. The van der Waals surface area contributed by atoms with Gasteiger partial charge >= 0.3 is 0 Å². The molecule has 1 aromatic carbocycles. The number of aliphatic hydroxyl groups is 1. The lowest BCUT2D eigenvalue weighted by Crippen LogP contribution is -2.11. The maximum atomic E-state index is 9.64. The van der Waals surface area contributed by atoms with E-state index >= 15 is 0 Å². The van der Waals surface area contributed by atoms with Gasteiger partial charge in [-0.3, -0.25) is 0 Å². The molecule has 1 rings (SSSR count). The van der Waals surface area contributed by atoms with E-state index in [-0.39, 0.29) is 0 Å². The Kier molecular flexibility index (Phi) is 6.72. The molecular formula is C14H22O4. The topological polar surface area (TPSA) is 47.9 Å². The Morgan fingerprint density at radius 2 is 1.89 bits per heavy atom. The molecule has 102 valence electrons. The fourth-order valence-corrected chi connectivity index (χ4v) is 1.57. The highest BCUT2D eigenvalue weighted by Crippen LogP contribution is 2.26. The Morgan fingerprint density at radius 1 is 1.17 bits per heavy atom. The van der Waals surface area contributed by atoms with Gasteiger partial charge in [-0.05, 0) is 25.5 Å². The second-order valence-corrected chi connectivity index (χ2v) is 4.17. The highest BCUT2D eigenvalue weighted by molar-refractivity contribution is 5.38. The normalized spacial score (nSPS) is 12.4. The van der Waals surface area contributed by atoms with Crippen molar-refractivity contribution in [3.05, 3.63) is 29.3 Å². The van der Waals surface area contributed by atoms with Crippen LogP contribution < -0.4 is 4.74 Å². The van der Waals surface area contributed by atoms with Crippen LogP contribution in [0.3, 0.4) is 0 Å². The lowest BCUT2D eigenvalue weighted by atomic mass is 10.1. The molecule has 1 unspecified atom stereocenters. The average Bonchev–Trinajstić information content (AvgIpc) is 2.33. The van der Waals surface area contributed by atoms with E-state index in [9.17, 15) is 5.11 Å². The van der Waals surface area contributed by atoms with Crippen LogP contribution in [-0.2, 0) is 9.47 Å². The van der Waals surface area contributed by atoms with E-state index in [1.807, 2.05) is 25.1 Å². The number of aryl methyl sites for hydroxylation is 1. The summed E-state index contributed by atoms with van der Waals surface area (Å²) in [5, 5.41) is 9.64. The molecule has 4 heteroatoms. The summed E-state index contributed by atoms with van der Waals surface area (Å²) in [6, 6.07) is 5.78. The van der Waals surface area contributed by atoms with E-state index in [1.54, 1.807) is 14.0 Å². The molecule has 18 heavy (non-hydrogen) atoms. The van der Waals surface area contributed by atoms with Gasteiger partial charge < -0.3 is 19.3 Å². The third-order valence-corrected chi connectivity index (χ3v) is 2.54. The first-order valence-corrected chi connectivity index (χ1v) is 6.13. The third-order valence-electron chi connectivity index (χ3n) is 2.54. The van der Waals surface area contributed by atoms with E-state index in [1.165, 1.54) is 0 Å². The summed E-state index contributed by atoms with van der Waals surface area (Å²) < 4.78 is 15.8. The Balaban J connectivity index is 2.43. The molecule has 0 aliphatic heterocycles. The molecule has 1 atom stereocenters. The van der Waals surface area contributed by atoms with Gasteiger partial charge in [0.1, 0.15) is 12.4 Å². The molecule has 0 bridgehead atoms. The fourth-order valence-electron chi connectivity index (χ4n) is 1.57. The second kappa shape index (κ2) is 8.08. The molecule has 4 nitrogen and oxygen atoms in total. The van der Waals surface area contributed by atoms with Crippen LogP contribution in [0.5, 0.6) is 5.75 Å². The molecule has 0 aromatic heterocycles. The van der Waals surface area contributed by atoms with Gasteiger partial charge in [0.25, 0.3) is 0 Å². The zero-order valence-corrected chi connectivity index (χ0v) is 11.3. The minimum absolute atomic E-state index is 0.465. The van der Waals surface area contributed by atoms with E-state index < -0.39 is 6.10 Å². The van der Waals surface area contributed by atoms with E-state index in [2.05, 4.69) is 0 Å². The smallest absolute Gasteiger partial charge is 0.125 e. The van der Waals surface area contributed by atoms with Crippen LogP contribution in [0, 0.1) is 6.92 Å². The first-order valence-electron chi connectivity index (χ1n) is 6.13. The number of hydrogen-bond acceptors (Lipinski definition) is 4. The molecule has 0 saturated carbocycles. The van der Waals surface area contributed by atoms with E-state index in [0.29, 0.717) is 26.4 Å². The van der Waals surface area contributed by atoms with Crippen molar-refractivity contribution in [3.8, 4) is 5.75 Å². The molecule has 0 saturated heterocycles. The molecule has 0 aliphatic rings. The standard InChI is InChI=1S/C14H22O4/c1-11-4-5-13(12(2)15)14(10-11)18-9-8-17-7-6-16-3/h4-5,10,12,15H,6-9H2,1-3H3. The van der Waals surface area contributed by atoms with Crippen LogP contribution in [0.15, 0.2) is 18.2 Å². The highest BCUT2D eigenvalue weighted by Gasteiger charge is 2.09. The monoisotopic (exact) mass is 254 g/mol. The van der Waals surface area contributed by atoms with Gasteiger partial charge in [0.15, 0.2) is 0 Å². The summed E-state index contributed by atoms with van der Waals surface area (Å²) in [6.45, 7) is 5.85. The van der Waals surface area contributed by atoms with Gasteiger partial charge in [0.2, 0.25) is 0 Å². The predicted octanol–water partition coefficient (Wildman–Crippen LogP) is 2.09. The first kappa shape index (κ1) is 15.0. The summed E-state index contributed by atoms with van der Waals surface area (Å²) in [6.07, 6.45) is -0.532. The highest BCUT2D eigenvalue weighted by atomic mass is 16.5. The van der Waals surface area contributed by atoms with Crippen molar-refractivity contribution in [2.75, 3.05) is 33.5 Å². The van der Waals surface area contributed by atoms with Gasteiger partial charge in [-0.2, -0.15) is 0 Å². The maximum absolute atomic E-state index is 9.64. The summed E-state index contributed by atoms with van der Waals surface area (Å²) >= 11 is 0. The Labute approximate surface area is 108 Å². The quantitative estimate of drug-likeness (QED) is 0.722. The van der Waals surface area contributed by atoms with Crippen LogP contribution in [-0.4, -0.2) is 38.6 Å². The lowest BCUT2D eigenvalue weighted by molar-refractivity contribution is 0.0538. The van der Waals surface area contributed by atoms with E-state index in [0.717, 1.165) is 16.9 Å². The zero-order valence-electron chi connectivity index (χ0n) is 11.3. The van der Waals surface area contributed by atoms with Crippen molar-refractivity contribution < 1.29 is 19.3 Å². The zero-order chi connectivity index (χ0) is 13.4. The fraction of sp³-hybridized carbons (Fsp3) is 0.571.